The number of aromatic nitrogens is 2. The van der Waals surface area contributed by atoms with Crippen LogP contribution in [0.5, 0.6) is 11.5 Å². The van der Waals surface area contributed by atoms with Crippen molar-refractivity contribution in [3.05, 3.63) is 35.5 Å². The maximum absolute atomic E-state index is 13.1. The van der Waals surface area contributed by atoms with E-state index in [1.54, 1.807) is 32.2 Å². The van der Waals surface area contributed by atoms with Crippen LogP contribution in [0.1, 0.15) is 48.8 Å². The predicted octanol–water partition coefficient (Wildman–Crippen LogP) is 2.34. The van der Waals surface area contributed by atoms with E-state index in [0.717, 1.165) is 6.42 Å². The summed E-state index contributed by atoms with van der Waals surface area (Å²) in [6.45, 7) is 6.75. The van der Waals surface area contributed by atoms with Crippen LogP contribution in [-0.2, 0) is 10.2 Å². The number of hydrogen-bond acceptors (Lipinski definition) is 7. The molecule has 1 aliphatic carbocycles. The Morgan fingerprint density at radius 2 is 2.06 bits per heavy atom. The van der Waals surface area contributed by atoms with Crippen LogP contribution in [0.3, 0.4) is 0 Å². The van der Waals surface area contributed by atoms with Crippen molar-refractivity contribution in [1.29, 1.82) is 0 Å². The molecule has 2 amide bonds. The number of methoxy groups -OCH3 is 2. The molecule has 1 aliphatic heterocycles. The van der Waals surface area contributed by atoms with Gasteiger partial charge in [0.1, 0.15) is 11.5 Å². The van der Waals surface area contributed by atoms with Gasteiger partial charge in [-0.2, -0.15) is 4.98 Å². The predicted molar refractivity (Wildman–Crippen MR) is 116 cm³/mol. The van der Waals surface area contributed by atoms with Gasteiger partial charge in [0, 0.05) is 31.1 Å². The number of likely N-dealkylation sites (tertiary alicyclic amines) is 1. The number of carbonyl (C=O) groups is 2. The van der Waals surface area contributed by atoms with Crippen LogP contribution in [0.15, 0.2) is 22.7 Å². The van der Waals surface area contributed by atoms with Crippen molar-refractivity contribution in [2.75, 3.05) is 27.3 Å². The summed E-state index contributed by atoms with van der Waals surface area (Å²) in [5.74, 6) is 2.17. The first-order valence-corrected chi connectivity index (χ1v) is 10.9. The Labute approximate surface area is 187 Å². The maximum atomic E-state index is 13.1. The van der Waals surface area contributed by atoms with Crippen LogP contribution in [0.2, 0.25) is 0 Å². The van der Waals surface area contributed by atoms with Gasteiger partial charge in [0.25, 0.3) is 5.91 Å². The van der Waals surface area contributed by atoms with Crippen molar-refractivity contribution in [1.82, 2.24) is 20.4 Å². The molecule has 2 fully saturated rings. The lowest BCUT2D eigenvalue weighted by Crippen LogP contribution is -2.40. The normalized spacial score (nSPS) is 24.5. The van der Waals surface area contributed by atoms with Crippen molar-refractivity contribution in [2.45, 2.75) is 45.1 Å². The molecule has 0 bridgehead atoms. The summed E-state index contributed by atoms with van der Waals surface area (Å²) in [6, 6.07) is 5.04. The van der Waals surface area contributed by atoms with E-state index in [4.69, 9.17) is 14.0 Å². The second-order valence-electron chi connectivity index (χ2n) is 9.05. The quantitative estimate of drug-likeness (QED) is 0.732. The summed E-state index contributed by atoms with van der Waals surface area (Å²) < 4.78 is 16.2. The van der Waals surface area contributed by atoms with E-state index >= 15 is 0 Å². The first-order chi connectivity index (χ1) is 15.3. The van der Waals surface area contributed by atoms with Gasteiger partial charge in [-0.1, -0.05) is 19.0 Å². The Balaban J connectivity index is 1.55. The average Bonchev–Trinajstić information content (AvgIpc) is 3.45. The van der Waals surface area contributed by atoms with Gasteiger partial charge in [-0.05, 0) is 37.8 Å². The van der Waals surface area contributed by atoms with Crippen molar-refractivity contribution in [2.24, 2.45) is 11.8 Å². The minimum atomic E-state index is -0.451. The van der Waals surface area contributed by atoms with E-state index in [1.165, 1.54) is 7.11 Å². The van der Waals surface area contributed by atoms with Gasteiger partial charge in [0.15, 0.2) is 5.82 Å². The molecule has 1 saturated heterocycles. The Morgan fingerprint density at radius 1 is 1.28 bits per heavy atom. The lowest BCUT2D eigenvalue weighted by atomic mass is 9.80. The van der Waals surface area contributed by atoms with E-state index in [9.17, 15) is 9.59 Å². The molecule has 0 unspecified atom stereocenters. The van der Waals surface area contributed by atoms with Crippen molar-refractivity contribution in [3.8, 4) is 11.5 Å². The first kappa shape index (κ1) is 22.1. The van der Waals surface area contributed by atoms with Gasteiger partial charge in [-0.25, -0.2) is 0 Å². The number of carbonyl (C=O) groups excluding carboxylic acids is 2. The van der Waals surface area contributed by atoms with Crippen molar-refractivity contribution in [3.63, 3.8) is 0 Å². The van der Waals surface area contributed by atoms with E-state index in [2.05, 4.69) is 15.5 Å². The molecule has 1 saturated carbocycles. The number of nitrogens with zero attached hydrogens (tertiary/aromatic N) is 3. The number of aryl methyl sites for hydroxylation is 1. The summed E-state index contributed by atoms with van der Waals surface area (Å²) in [5.41, 5.74) is -0.00189. The number of hydrogen-bond donors (Lipinski definition) is 1. The van der Waals surface area contributed by atoms with E-state index in [-0.39, 0.29) is 29.7 Å². The summed E-state index contributed by atoms with van der Waals surface area (Å²) in [6.07, 6.45) is 1.36. The number of rotatable bonds is 6. The topological polar surface area (TPSA) is 107 Å². The highest BCUT2D eigenvalue weighted by molar-refractivity contribution is 5.97. The molecule has 32 heavy (non-hydrogen) atoms. The fourth-order valence-corrected chi connectivity index (χ4v) is 5.09. The lowest BCUT2D eigenvalue weighted by molar-refractivity contribution is -0.133. The molecule has 2 aliphatic rings. The molecule has 2 aromatic rings. The molecule has 0 spiro atoms. The molecule has 1 aromatic heterocycles. The number of benzene rings is 1. The molecular weight excluding hydrogens is 412 g/mol. The fourth-order valence-electron chi connectivity index (χ4n) is 5.09. The molecule has 172 valence electrons. The van der Waals surface area contributed by atoms with E-state index in [0.29, 0.717) is 48.3 Å². The van der Waals surface area contributed by atoms with Gasteiger partial charge in [0.2, 0.25) is 11.8 Å². The summed E-state index contributed by atoms with van der Waals surface area (Å²) in [7, 11) is 3.09. The van der Waals surface area contributed by atoms with Crippen LogP contribution in [0, 0.1) is 18.8 Å². The Morgan fingerprint density at radius 3 is 2.69 bits per heavy atom. The van der Waals surface area contributed by atoms with Gasteiger partial charge in [-0.3, -0.25) is 9.59 Å². The minimum Gasteiger partial charge on any atom is -0.497 e. The highest BCUT2D eigenvalue weighted by Gasteiger charge is 2.58. The summed E-state index contributed by atoms with van der Waals surface area (Å²) >= 11 is 0. The monoisotopic (exact) mass is 442 g/mol. The zero-order chi connectivity index (χ0) is 23.0. The molecule has 9 heteroatoms. The molecule has 3 atom stereocenters. The second kappa shape index (κ2) is 8.44. The molecule has 2 heterocycles. The van der Waals surface area contributed by atoms with Gasteiger partial charge < -0.3 is 24.2 Å². The third kappa shape index (κ3) is 3.80. The lowest BCUT2D eigenvalue weighted by Gasteiger charge is -2.26. The van der Waals surface area contributed by atoms with Gasteiger partial charge >= 0.3 is 0 Å². The van der Waals surface area contributed by atoms with Gasteiger partial charge in [0.05, 0.1) is 25.2 Å². The minimum absolute atomic E-state index is 0.0756. The largest absolute Gasteiger partial charge is 0.497 e. The summed E-state index contributed by atoms with van der Waals surface area (Å²) in [4.78, 5) is 32.2. The van der Waals surface area contributed by atoms with Crippen LogP contribution in [0.4, 0.5) is 0 Å². The van der Waals surface area contributed by atoms with E-state index < -0.39 is 5.41 Å². The molecule has 9 nitrogen and oxygen atoms in total. The van der Waals surface area contributed by atoms with E-state index in [1.807, 2.05) is 18.7 Å². The third-order valence-electron chi connectivity index (χ3n) is 6.62. The second-order valence-corrected chi connectivity index (χ2v) is 9.05. The Kier molecular flexibility index (Phi) is 5.83. The number of fused-ring (bicyclic) bond motifs is 1. The Bertz CT molecular complexity index is 1020. The molecule has 0 radical (unpaired) electrons. The number of ether oxygens (including phenoxy) is 2. The zero-order valence-corrected chi connectivity index (χ0v) is 19.2. The average molecular weight is 443 g/mol. The highest BCUT2D eigenvalue weighted by atomic mass is 16.5. The fraction of sp³-hybridized carbons (Fsp3) is 0.565. The molecular formula is C23H30N4O5. The van der Waals surface area contributed by atoms with Crippen LogP contribution < -0.4 is 14.8 Å². The van der Waals surface area contributed by atoms with Gasteiger partial charge in [-0.15, -0.1) is 0 Å². The number of nitrogens with one attached hydrogen (secondary N) is 1. The summed E-state index contributed by atoms with van der Waals surface area (Å²) in [5, 5.41) is 7.14. The van der Waals surface area contributed by atoms with Crippen LogP contribution in [0.25, 0.3) is 0 Å². The third-order valence-corrected chi connectivity index (χ3v) is 6.62. The molecule has 4 rings (SSSR count). The highest BCUT2D eigenvalue weighted by Crippen LogP contribution is 2.50. The van der Waals surface area contributed by atoms with Crippen molar-refractivity contribution < 1.29 is 23.6 Å². The standard InChI is InChI=1S/C23H30N4O5/c1-13(2)21(29)27-11-15-8-16(10-23(15,12-27)22-24-14(3)26-32-22)25-20(28)18-7-6-17(30-4)9-19(18)31-5/h6-7,9,13,15-16H,8,10-12H2,1-5H3,(H,25,28)/t15-,16+,23-/m0/s1. The zero-order valence-electron chi connectivity index (χ0n) is 19.2. The van der Waals surface area contributed by atoms with Crippen LogP contribution in [-0.4, -0.2) is 60.2 Å². The number of amides is 2. The molecule has 1 aromatic carbocycles. The molecule has 1 N–H and O–H groups in total. The van der Waals surface area contributed by atoms with Crippen molar-refractivity contribution >= 4 is 11.8 Å². The smallest absolute Gasteiger partial charge is 0.255 e. The maximum Gasteiger partial charge on any atom is 0.255 e. The Hall–Kier alpha value is -3.10. The SMILES string of the molecule is COc1ccc(C(=O)N[C@@H]2C[C@H]3CN(C(=O)C(C)C)C[C@@]3(c3nc(C)no3)C2)c(OC)c1. The van der Waals surface area contributed by atoms with Crippen LogP contribution >= 0.6 is 0 Å². The first-order valence-electron chi connectivity index (χ1n) is 10.9.